The fraction of sp³-hybridized carbons (Fsp3) is 0.167. The highest BCUT2D eigenvalue weighted by molar-refractivity contribution is 5.97. The van der Waals surface area contributed by atoms with Crippen LogP contribution in [0.15, 0.2) is 30.6 Å². The molecule has 1 aromatic carbocycles. The fourth-order valence-electron chi connectivity index (χ4n) is 1.52. The van der Waals surface area contributed by atoms with Crippen LogP contribution in [0.25, 0.3) is 10.8 Å². The van der Waals surface area contributed by atoms with E-state index in [1.54, 1.807) is 31.5 Å². The number of benzene rings is 1. The molecule has 82 valence electrons. The third-order valence-corrected chi connectivity index (χ3v) is 2.24. The van der Waals surface area contributed by atoms with Crippen molar-refractivity contribution in [2.75, 3.05) is 6.61 Å². The Labute approximate surface area is 92.5 Å². The predicted octanol–water partition coefficient (Wildman–Crippen LogP) is 2.12. The number of esters is 1. The minimum atomic E-state index is -0.441. The van der Waals surface area contributed by atoms with Gasteiger partial charge in [-0.2, -0.15) is 0 Å². The van der Waals surface area contributed by atoms with Crippen LogP contribution in [0.3, 0.4) is 0 Å². The van der Waals surface area contributed by atoms with E-state index in [4.69, 9.17) is 4.74 Å². The first-order valence-electron chi connectivity index (χ1n) is 4.96. The Morgan fingerprint density at radius 1 is 1.50 bits per heavy atom. The molecule has 2 aromatic rings. The third kappa shape index (κ3) is 1.82. The van der Waals surface area contributed by atoms with Crippen molar-refractivity contribution < 1.29 is 14.6 Å². The molecule has 0 fully saturated rings. The molecule has 0 unspecified atom stereocenters. The molecule has 0 saturated carbocycles. The summed E-state index contributed by atoms with van der Waals surface area (Å²) < 4.78 is 4.86. The Morgan fingerprint density at radius 2 is 2.31 bits per heavy atom. The number of hydrogen-bond acceptors (Lipinski definition) is 4. The summed E-state index contributed by atoms with van der Waals surface area (Å²) in [4.78, 5) is 15.4. The number of fused-ring (bicyclic) bond motifs is 1. The number of phenolic OH excluding ortho intramolecular Hbond substituents is 1. The summed E-state index contributed by atoms with van der Waals surface area (Å²) in [6.45, 7) is 2.05. The summed E-state index contributed by atoms with van der Waals surface area (Å²) >= 11 is 0. The molecule has 0 spiro atoms. The molecule has 0 saturated heterocycles. The zero-order valence-electron chi connectivity index (χ0n) is 8.80. The van der Waals surface area contributed by atoms with Crippen LogP contribution in [-0.2, 0) is 4.74 Å². The van der Waals surface area contributed by atoms with E-state index in [9.17, 15) is 9.90 Å². The van der Waals surface area contributed by atoms with E-state index in [2.05, 4.69) is 4.98 Å². The SMILES string of the molecule is CCOC(=O)c1cc(O)c2ccncc2c1. The largest absolute Gasteiger partial charge is 0.507 e. The van der Waals surface area contributed by atoms with Crippen LogP contribution < -0.4 is 0 Å². The van der Waals surface area contributed by atoms with Crippen LogP contribution >= 0.6 is 0 Å². The van der Waals surface area contributed by atoms with Gasteiger partial charge in [0.05, 0.1) is 12.2 Å². The first kappa shape index (κ1) is 10.4. The van der Waals surface area contributed by atoms with Gasteiger partial charge in [0.25, 0.3) is 0 Å². The molecule has 2 rings (SSSR count). The molecule has 0 radical (unpaired) electrons. The van der Waals surface area contributed by atoms with Crippen LogP contribution in [0, 0.1) is 0 Å². The second-order valence-electron chi connectivity index (χ2n) is 3.31. The molecule has 4 nitrogen and oxygen atoms in total. The quantitative estimate of drug-likeness (QED) is 0.783. The normalized spacial score (nSPS) is 10.3. The summed E-state index contributed by atoms with van der Waals surface area (Å²) in [7, 11) is 0. The van der Waals surface area contributed by atoms with Gasteiger partial charge in [0.15, 0.2) is 0 Å². The summed E-state index contributed by atoms with van der Waals surface area (Å²) in [6, 6.07) is 4.75. The molecule has 0 atom stereocenters. The molecule has 0 aliphatic heterocycles. The lowest BCUT2D eigenvalue weighted by atomic mass is 10.1. The minimum absolute atomic E-state index is 0.0583. The molecule has 1 aromatic heterocycles. The zero-order chi connectivity index (χ0) is 11.5. The lowest BCUT2D eigenvalue weighted by molar-refractivity contribution is 0.0526. The second-order valence-corrected chi connectivity index (χ2v) is 3.31. The van der Waals surface area contributed by atoms with Crippen molar-refractivity contribution in [1.29, 1.82) is 0 Å². The lowest BCUT2D eigenvalue weighted by Gasteiger charge is -2.05. The second kappa shape index (κ2) is 4.18. The van der Waals surface area contributed by atoms with E-state index in [1.807, 2.05) is 0 Å². The van der Waals surface area contributed by atoms with Crippen LogP contribution in [0.5, 0.6) is 5.75 Å². The number of hydrogen-bond donors (Lipinski definition) is 1. The van der Waals surface area contributed by atoms with Gasteiger partial charge in [0, 0.05) is 23.2 Å². The van der Waals surface area contributed by atoms with Crippen molar-refractivity contribution in [3.63, 3.8) is 0 Å². The number of aromatic nitrogens is 1. The van der Waals surface area contributed by atoms with Gasteiger partial charge in [0.2, 0.25) is 0 Å². The van der Waals surface area contributed by atoms with E-state index in [0.717, 1.165) is 0 Å². The number of pyridine rings is 1. The van der Waals surface area contributed by atoms with Gasteiger partial charge in [-0.3, -0.25) is 4.98 Å². The highest BCUT2D eigenvalue weighted by Gasteiger charge is 2.10. The molecule has 0 aliphatic rings. The van der Waals surface area contributed by atoms with Gasteiger partial charge in [0.1, 0.15) is 5.75 Å². The van der Waals surface area contributed by atoms with Gasteiger partial charge in [-0.05, 0) is 25.1 Å². The molecule has 4 heteroatoms. The Kier molecular flexibility index (Phi) is 2.72. The summed E-state index contributed by atoms with van der Waals surface area (Å²) in [5.74, 6) is -0.383. The molecule has 0 aliphatic carbocycles. The maximum atomic E-state index is 11.5. The molecular weight excluding hydrogens is 206 g/mol. The van der Waals surface area contributed by atoms with Crippen molar-refractivity contribution in [3.05, 3.63) is 36.2 Å². The van der Waals surface area contributed by atoms with Crippen molar-refractivity contribution in [3.8, 4) is 5.75 Å². The fourth-order valence-corrected chi connectivity index (χ4v) is 1.52. The van der Waals surface area contributed by atoms with E-state index >= 15 is 0 Å². The number of rotatable bonds is 2. The smallest absolute Gasteiger partial charge is 0.338 e. The topological polar surface area (TPSA) is 59.4 Å². The van der Waals surface area contributed by atoms with Gasteiger partial charge in [-0.15, -0.1) is 0 Å². The van der Waals surface area contributed by atoms with Crippen molar-refractivity contribution in [1.82, 2.24) is 4.98 Å². The average molecular weight is 217 g/mol. The summed E-state index contributed by atoms with van der Waals surface area (Å²) in [6.07, 6.45) is 3.18. The highest BCUT2D eigenvalue weighted by atomic mass is 16.5. The Balaban J connectivity index is 2.53. The number of carbonyl (C=O) groups is 1. The number of phenols is 1. The molecule has 0 bridgehead atoms. The van der Waals surface area contributed by atoms with Crippen molar-refractivity contribution >= 4 is 16.7 Å². The van der Waals surface area contributed by atoms with Crippen LogP contribution in [0.2, 0.25) is 0 Å². The van der Waals surface area contributed by atoms with Gasteiger partial charge >= 0.3 is 5.97 Å². The standard InChI is InChI=1S/C12H11NO3/c1-2-16-12(15)8-5-9-7-13-4-3-10(9)11(14)6-8/h3-7,14H,2H2,1H3. The van der Waals surface area contributed by atoms with Crippen molar-refractivity contribution in [2.45, 2.75) is 6.92 Å². The third-order valence-electron chi connectivity index (χ3n) is 2.24. The van der Waals surface area contributed by atoms with Gasteiger partial charge < -0.3 is 9.84 Å². The summed E-state index contributed by atoms with van der Waals surface area (Å²) in [5.41, 5.74) is 0.333. The first-order valence-corrected chi connectivity index (χ1v) is 4.96. The molecule has 16 heavy (non-hydrogen) atoms. The monoisotopic (exact) mass is 217 g/mol. The van der Waals surface area contributed by atoms with E-state index in [1.165, 1.54) is 6.07 Å². The van der Waals surface area contributed by atoms with Crippen LogP contribution in [0.1, 0.15) is 17.3 Å². The maximum Gasteiger partial charge on any atom is 0.338 e. The number of aromatic hydroxyl groups is 1. The highest BCUT2D eigenvalue weighted by Crippen LogP contribution is 2.25. The lowest BCUT2D eigenvalue weighted by Crippen LogP contribution is -2.04. The molecular formula is C12H11NO3. The number of carbonyl (C=O) groups excluding carboxylic acids is 1. The molecule has 1 N–H and O–H groups in total. The average Bonchev–Trinajstić information content (AvgIpc) is 2.29. The predicted molar refractivity (Wildman–Crippen MR) is 59.4 cm³/mol. The van der Waals surface area contributed by atoms with Gasteiger partial charge in [-0.25, -0.2) is 4.79 Å². The van der Waals surface area contributed by atoms with Crippen LogP contribution in [-0.4, -0.2) is 22.7 Å². The maximum absolute atomic E-state index is 11.5. The minimum Gasteiger partial charge on any atom is -0.507 e. The van der Waals surface area contributed by atoms with E-state index in [0.29, 0.717) is 22.9 Å². The Bertz CT molecular complexity index is 537. The molecule has 1 heterocycles. The van der Waals surface area contributed by atoms with Crippen molar-refractivity contribution in [2.24, 2.45) is 0 Å². The zero-order valence-corrected chi connectivity index (χ0v) is 8.80. The first-order chi connectivity index (χ1) is 7.72. The Morgan fingerprint density at radius 3 is 3.06 bits per heavy atom. The number of ether oxygens (including phenoxy) is 1. The summed E-state index contributed by atoms with van der Waals surface area (Å²) in [5, 5.41) is 11.1. The van der Waals surface area contributed by atoms with E-state index < -0.39 is 5.97 Å². The Hall–Kier alpha value is -2.10. The van der Waals surface area contributed by atoms with Crippen LogP contribution in [0.4, 0.5) is 0 Å². The van der Waals surface area contributed by atoms with Gasteiger partial charge in [-0.1, -0.05) is 0 Å². The number of nitrogens with zero attached hydrogens (tertiary/aromatic N) is 1. The molecule has 0 amide bonds. The van der Waals surface area contributed by atoms with E-state index in [-0.39, 0.29) is 5.75 Å².